The average molecular weight is 206 g/mol. The van der Waals surface area contributed by atoms with Gasteiger partial charge in [-0.05, 0) is 37.6 Å². The number of hydrogen-bond acceptors (Lipinski definition) is 3. The third-order valence-electron chi connectivity index (χ3n) is 3.22. The Morgan fingerprint density at radius 2 is 2.20 bits per heavy atom. The van der Waals surface area contributed by atoms with Crippen molar-refractivity contribution in [2.24, 2.45) is 0 Å². The Morgan fingerprint density at radius 1 is 1.47 bits per heavy atom. The normalized spacial score (nSPS) is 16.7. The van der Waals surface area contributed by atoms with Gasteiger partial charge >= 0.3 is 0 Å². The van der Waals surface area contributed by atoms with Gasteiger partial charge in [0.15, 0.2) is 0 Å². The van der Waals surface area contributed by atoms with E-state index in [1.807, 2.05) is 12.1 Å². The number of nitrogens with zero attached hydrogens (tertiary/aromatic N) is 1. The molecular formula is C12H18N2O. The number of hydrogen-bond donors (Lipinski definition) is 2. The number of phenols is 1. The molecule has 0 unspecified atom stereocenters. The Kier molecular flexibility index (Phi) is 2.82. The minimum Gasteiger partial charge on any atom is -0.506 e. The smallest absolute Gasteiger partial charge is 0.138 e. The summed E-state index contributed by atoms with van der Waals surface area (Å²) in [6.07, 6.45) is 3.97. The number of nitrogens with two attached hydrogens (primary N) is 1. The van der Waals surface area contributed by atoms with Crippen molar-refractivity contribution in [1.29, 1.82) is 0 Å². The predicted octanol–water partition coefficient (Wildman–Crippen LogP) is 1.96. The van der Waals surface area contributed by atoms with E-state index in [1.165, 1.54) is 24.8 Å². The van der Waals surface area contributed by atoms with Gasteiger partial charge < -0.3 is 10.8 Å². The molecule has 0 radical (unpaired) electrons. The van der Waals surface area contributed by atoms with Crippen LogP contribution in [0.4, 0.5) is 5.69 Å². The van der Waals surface area contributed by atoms with Crippen LogP contribution in [0.3, 0.4) is 0 Å². The van der Waals surface area contributed by atoms with Crippen LogP contribution in [0, 0.1) is 0 Å². The SMILES string of the molecule is CN(Cc1ccc(O)c(N)c1)C1CCC1. The Morgan fingerprint density at radius 3 is 2.73 bits per heavy atom. The van der Waals surface area contributed by atoms with Crippen molar-refractivity contribution in [1.82, 2.24) is 4.90 Å². The lowest BCUT2D eigenvalue weighted by molar-refractivity contribution is 0.152. The topological polar surface area (TPSA) is 49.5 Å². The van der Waals surface area contributed by atoms with Gasteiger partial charge in [0.25, 0.3) is 0 Å². The Bertz CT molecular complexity index is 347. The van der Waals surface area contributed by atoms with Crippen molar-refractivity contribution in [2.75, 3.05) is 12.8 Å². The van der Waals surface area contributed by atoms with E-state index >= 15 is 0 Å². The molecule has 0 heterocycles. The van der Waals surface area contributed by atoms with Crippen LogP contribution in [0.1, 0.15) is 24.8 Å². The van der Waals surface area contributed by atoms with Crippen LogP contribution < -0.4 is 5.73 Å². The molecule has 1 aromatic carbocycles. The van der Waals surface area contributed by atoms with Crippen molar-refractivity contribution in [3.63, 3.8) is 0 Å². The van der Waals surface area contributed by atoms with Crippen molar-refractivity contribution in [2.45, 2.75) is 31.8 Å². The molecule has 3 heteroatoms. The quantitative estimate of drug-likeness (QED) is 0.587. The Balaban J connectivity index is 2.00. The molecule has 1 fully saturated rings. The van der Waals surface area contributed by atoms with Gasteiger partial charge in [-0.25, -0.2) is 0 Å². The summed E-state index contributed by atoms with van der Waals surface area (Å²) in [7, 11) is 2.15. The van der Waals surface area contributed by atoms with Gasteiger partial charge in [0.2, 0.25) is 0 Å². The van der Waals surface area contributed by atoms with Crippen LogP contribution >= 0.6 is 0 Å². The summed E-state index contributed by atoms with van der Waals surface area (Å²) in [5.41, 5.74) is 7.28. The van der Waals surface area contributed by atoms with Crippen LogP contribution in [0.2, 0.25) is 0 Å². The zero-order valence-electron chi connectivity index (χ0n) is 9.11. The zero-order chi connectivity index (χ0) is 10.8. The molecule has 1 aliphatic rings. The van der Waals surface area contributed by atoms with Crippen LogP contribution in [-0.4, -0.2) is 23.1 Å². The van der Waals surface area contributed by atoms with Crippen molar-refractivity contribution < 1.29 is 5.11 Å². The van der Waals surface area contributed by atoms with E-state index in [4.69, 9.17) is 5.73 Å². The Hall–Kier alpha value is -1.22. The summed E-state index contributed by atoms with van der Waals surface area (Å²) in [5.74, 6) is 0.171. The molecule has 1 aliphatic carbocycles. The molecule has 0 aliphatic heterocycles. The number of aromatic hydroxyl groups is 1. The molecule has 0 spiro atoms. The standard InChI is InChI=1S/C12H18N2O/c1-14(10-3-2-4-10)8-9-5-6-12(15)11(13)7-9/h5-7,10,15H,2-4,8,13H2,1H3. The largest absolute Gasteiger partial charge is 0.506 e. The van der Waals surface area contributed by atoms with E-state index in [-0.39, 0.29) is 5.75 Å². The highest BCUT2D eigenvalue weighted by atomic mass is 16.3. The first-order chi connectivity index (χ1) is 7.16. The van der Waals surface area contributed by atoms with E-state index < -0.39 is 0 Å². The first kappa shape index (κ1) is 10.3. The summed E-state index contributed by atoms with van der Waals surface area (Å²) in [6.45, 7) is 0.912. The molecule has 0 atom stereocenters. The number of rotatable bonds is 3. The van der Waals surface area contributed by atoms with Gasteiger partial charge in [-0.15, -0.1) is 0 Å². The van der Waals surface area contributed by atoms with Gasteiger partial charge in [0, 0.05) is 12.6 Å². The van der Waals surface area contributed by atoms with E-state index in [9.17, 15) is 5.11 Å². The third kappa shape index (κ3) is 2.23. The van der Waals surface area contributed by atoms with Gasteiger partial charge in [0.1, 0.15) is 5.75 Å². The molecule has 3 N–H and O–H groups in total. The molecule has 1 saturated carbocycles. The fourth-order valence-corrected chi connectivity index (χ4v) is 1.95. The molecule has 2 rings (SSSR count). The van der Waals surface area contributed by atoms with Crippen molar-refractivity contribution in [3.8, 4) is 5.75 Å². The summed E-state index contributed by atoms with van der Waals surface area (Å²) >= 11 is 0. The first-order valence-corrected chi connectivity index (χ1v) is 5.44. The molecule has 0 amide bonds. The van der Waals surface area contributed by atoms with Crippen LogP contribution in [0.15, 0.2) is 18.2 Å². The molecule has 15 heavy (non-hydrogen) atoms. The average Bonchev–Trinajstić information content (AvgIpc) is 2.08. The van der Waals surface area contributed by atoms with Gasteiger partial charge in [-0.1, -0.05) is 12.5 Å². The fourth-order valence-electron chi connectivity index (χ4n) is 1.95. The van der Waals surface area contributed by atoms with E-state index in [2.05, 4.69) is 11.9 Å². The minimum absolute atomic E-state index is 0.171. The number of benzene rings is 1. The first-order valence-electron chi connectivity index (χ1n) is 5.44. The number of anilines is 1. The molecule has 82 valence electrons. The second-order valence-corrected chi connectivity index (χ2v) is 4.39. The molecule has 0 saturated heterocycles. The van der Waals surface area contributed by atoms with Crippen LogP contribution in [-0.2, 0) is 6.54 Å². The van der Waals surface area contributed by atoms with Crippen molar-refractivity contribution >= 4 is 5.69 Å². The van der Waals surface area contributed by atoms with Gasteiger partial charge in [0.05, 0.1) is 5.69 Å². The maximum Gasteiger partial charge on any atom is 0.138 e. The minimum atomic E-state index is 0.171. The zero-order valence-corrected chi connectivity index (χ0v) is 9.11. The predicted molar refractivity (Wildman–Crippen MR) is 61.6 cm³/mol. The van der Waals surface area contributed by atoms with Gasteiger partial charge in [-0.2, -0.15) is 0 Å². The summed E-state index contributed by atoms with van der Waals surface area (Å²) in [4.78, 5) is 2.36. The lowest BCUT2D eigenvalue weighted by Crippen LogP contribution is -2.36. The monoisotopic (exact) mass is 206 g/mol. The number of phenolic OH excluding ortho intramolecular Hbond substituents is 1. The highest BCUT2D eigenvalue weighted by Gasteiger charge is 2.21. The summed E-state index contributed by atoms with van der Waals surface area (Å²) in [6, 6.07) is 6.19. The third-order valence-corrected chi connectivity index (χ3v) is 3.22. The van der Waals surface area contributed by atoms with Crippen LogP contribution in [0.5, 0.6) is 5.75 Å². The second-order valence-electron chi connectivity index (χ2n) is 4.39. The highest BCUT2D eigenvalue weighted by Crippen LogP contribution is 2.26. The van der Waals surface area contributed by atoms with Crippen molar-refractivity contribution in [3.05, 3.63) is 23.8 Å². The second kappa shape index (κ2) is 4.11. The molecule has 1 aromatic rings. The number of nitrogen functional groups attached to an aromatic ring is 1. The lowest BCUT2D eigenvalue weighted by Gasteiger charge is -2.34. The fraction of sp³-hybridized carbons (Fsp3) is 0.500. The van der Waals surface area contributed by atoms with Gasteiger partial charge in [-0.3, -0.25) is 4.90 Å². The van der Waals surface area contributed by atoms with E-state index in [0.717, 1.165) is 12.6 Å². The molecular weight excluding hydrogens is 188 g/mol. The van der Waals surface area contributed by atoms with Crippen LogP contribution in [0.25, 0.3) is 0 Å². The maximum atomic E-state index is 9.31. The summed E-state index contributed by atoms with van der Waals surface area (Å²) in [5, 5.41) is 9.31. The highest BCUT2D eigenvalue weighted by molar-refractivity contribution is 5.53. The molecule has 0 aromatic heterocycles. The molecule has 0 bridgehead atoms. The van der Waals surface area contributed by atoms with E-state index in [1.54, 1.807) is 6.07 Å². The van der Waals surface area contributed by atoms with E-state index in [0.29, 0.717) is 5.69 Å². The lowest BCUT2D eigenvalue weighted by atomic mass is 9.91. The molecule has 3 nitrogen and oxygen atoms in total. The Labute approximate surface area is 90.5 Å². The maximum absolute atomic E-state index is 9.31. The summed E-state index contributed by atoms with van der Waals surface area (Å²) < 4.78 is 0.